The van der Waals surface area contributed by atoms with Gasteiger partial charge in [-0.3, -0.25) is 9.59 Å². The molecule has 0 unspecified atom stereocenters. The number of terminal acetylenes is 1. The zero-order valence-electron chi connectivity index (χ0n) is 11.7. The van der Waals surface area contributed by atoms with Crippen molar-refractivity contribution in [3.8, 4) is 12.3 Å². The maximum Gasteiger partial charge on any atom is 0.254 e. The molecule has 3 nitrogen and oxygen atoms in total. The first-order valence-electron chi connectivity index (χ1n) is 6.51. The topological polar surface area (TPSA) is 37.4 Å². The molecule has 3 heteroatoms. The smallest absolute Gasteiger partial charge is 0.254 e. The number of carbonyl (C=O) groups is 2. The van der Waals surface area contributed by atoms with Gasteiger partial charge < -0.3 is 4.90 Å². The van der Waals surface area contributed by atoms with Crippen molar-refractivity contribution < 1.29 is 9.59 Å². The summed E-state index contributed by atoms with van der Waals surface area (Å²) in [6.45, 7) is 0.395. The molecular weight excluding hydrogens is 262 g/mol. The Morgan fingerprint density at radius 1 is 1.19 bits per heavy atom. The Kier molecular flexibility index (Phi) is 4.53. The van der Waals surface area contributed by atoms with Crippen molar-refractivity contribution in [3.05, 3.63) is 70.8 Å². The van der Waals surface area contributed by atoms with E-state index in [4.69, 9.17) is 6.42 Å². The third-order valence-corrected chi connectivity index (χ3v) is 3.25. The predicted molar refractivity (Wildman–Crippen MR) is 82.0 cm³/mol. The second kappa shape index (κ2) is 6.53. The molecule has 0 N–H and O–H groups in total. The van der Waals surface area contributed by atoms with Gasteiger partial charge in [0.25, 0.3) is 5.91 Å². The number of aldehydes is 1. The highest BCUT2D eigenvalue weighted by atomic mass is 16.2. The van der Waals surface area contributed by atoms with Gasteiger partial charge in [-0.15, -0.1) is 6.42 Å². The maximum atomic E-state index is 12.4. The molecule has 2 aromatic carbocycles. The van der Waals surface area contributed by atoms with Gasteiger partial charge in [0, 0.05) is 24.7 Å². The number of hydrogen-bond acceptors (Lipinski definition) is 2. The Morgan fingerprint density at radius 3 is 2.57 bits per heavy atom. The van der Waals surface area contributed by atoms with E-state index in [0.717, 1.165) is 11.1 Å². The summed E-state index contributed by atoms with van der Waals surface area (Å²) in [4.78, 5) is 25.0. The van der Waals surface area contributed by atoms with Crippen LogP contribution in [-0.2, 0) is 6.54 Å². The van der Waals surface area contributed by atoms with E-state index >= 15 is 0 Å². The van der Waals surface area contributed by atoms with Crippen LogP contribution in [-0.4, -0.2) is 24.1 Å². The highest BCUT2D eigenvalue weighted by Crippen LogP contribution is 2.14. The number of nitrogens with zero attached hydrogens (tertiary/aromatic N) is 1. The van der Waals surface area contributed by atoms with Crippen molar-refractivity contribution in [2.75, 3.05) is 7.05 Å². The van der Waals surface area contributed by atoms with Gasteiger partial charge in [-0.1, -0.05) is 42.3 Å². The van der Waals surface area contributed by atoms with Crippen molar-refractivity contribution in [1.29, 1.82) is 0 Å². The molecule has 2 rings (SSSR count). The van der Waals surface area contributed by atoms with Gasteiger partial charge in [0.05, 0.1) is 5.56 Å². The summed E-state index contributed by atoms with van der Waals surface area (Å²) in [5.74, 6) is 2.40. The summed E-state index contributed by atoms with van der Waals surface area (Å²) in [6.07, 6.45) is 6.15. The molecule has 0 saturated heterocycles. The van der Waals surface area contributed by atoms with Gasteiger partial charge in [-0.05, 0) is 17.7 Å². The Balaban J connectivity index is 2.24. The van der Waals surface area contributed by atoms with Gasteiger partial charge in [0.15, 0.2) is 6.29 Å². The molecule has 21 heavy (non-hydrogen) atoms. The van der Waals surface area contributed by atoms with Gasteiger partial charge in [0.1, 0.15) is 0 Å². The fourth-order valence-electron chi connectivity index (χ4n) is 2.13. The first-order chi connectivity index (χ1) is 10.2. The minimum Gasteiger partial charge on any atom is -0.337 e. The highest BCUT2D eigenvalue weighted by molar-refractivity contribution is 6.01. The summed E-state index contributed by atoms with van der Waals surface area (Å²) >= 11 is 0. The molecule has 0 heterocycles. The van der Waals surface area contributed by atoms with E-state index in [1.165, 1.54) is 0 Å². The summed E-state index contributed by atoms with van der Waals surface area (Å²) in [5.41, 5.74) is 2.45. The number of benzene rings is 2. The zero-order chi connectivity index (χ0) is 15.2. The molecule has 104 valence electrons. The molecule has 0 atom stereocenters. The van der Waals surface area contributed by atoms with E-state index < -0.39 is 0 Å². The van der Waals surface area contributed by atoms with Crippen LogP contribution >= 0.6 is 0 Å². The summed E-state index contributed by atoms with van der Waals surface area (Å²) in [7, 11) is 1.69. The zero-order valence-corrected chi connectivity index (χ0v) is 11.7. The van der Waals surface area contributed by atoms with E-state index in [0.29, 0.717) is 24.0 Å². The van der Waals surface area contributed by atoms with E-state index in [1.807, 2.05) is 24.3 Å². The largest absolute Gasteiger partial charge is 0.337 e. The number of hydrogen-bond donors (Lipinski definition) is 0. The van der Waals surface area contributed by atoms with Crippen LogP contribution in [0.15, 0.2) is 48.5 Å². The summed E-state index contributed by atoms with van der Waals surface area (Å²) in [6, 6.07) is 14.2. The lowest BCUT2D eigenvalue weighted by Crippen LogP contribution is -2.27. The molecule has 0 fully saturated rings. The average Bonchev–Trinajstić information content (AvgIpc) is 2.54. The first kappa shape index (κ1) is 14.5. The fourth-order valence-corrected chi connectivity index (χ4v) is 2.13. The SMILES string of the molecule is C#Cc1ccccc1CN(C)C(=O)c1ccccc1C=O. The quantitative estimate of drug-likeness (QED) is 0.636. The van der Waals surface area contributed by atoms with Crippen LogP contribution in [0, 0.1) is 12.3 Å². The van der Waals surface area contributed by atoms with Crippen molar-refractivity contribution in [1.82, 2.24) is 4.90 Å². The minimum atomic E-state index is -0.204. The van der Waals surface area contributed by atoms with Gasteiger partial charge in [-0.25, -0.2) is 0 Å². The van der Waals surface area contributed by atoms with Crippen molar-refractivity contribution in [2.45, 2.75) is 6.54 Å². The molecule has 0 bridgehead atoms. The van der Waals surface area contributed by atoms with E-state index in [-0.39, 0.29) is 5.91 Å². The summed E-state index contributed by atoms with van der Waals surface area (Å²) in [5, 5.41) is 0. The van der Waals surface area contributed by atoms with E-state index in [2.05, 4.69) is 5.92 Å². The Morgan fingerprint density at radius 2 is 1.86 bits per heavy atom. The third-order valence-electron chi connectivity index (χ3n) is 3.25. The molecule has 1 amide bonds. The molecule has 0 radical (unpaired) electrons. The standard InChI is InChI=1S/C18H15NO2/c1-3-14-8-4-5-9-15(14)12-19(2)18(21)17-11-7-6-10-16(17)13-20/h1,4-11,13H,12H2,2H3. The molecule has 0 spiro atoms. The number of carbonyl (C=O) groups excluding carboxylic acids is 2. The van der Waals surface area contributed by atoms with Crippen LogP contribution in [0.25, 0.3) is 0 Å². The molecule has 0 aliphatic heterocycles. The van der Waals surface area contributed by atoms with Crippen molar-refractivity contribution >= 4 is 12.2 Å². The minimum absolute atomic E-state index is 0.204. The van der Waals surface area contributed by atoms with Crippen LogP contribution in [0.3, 0.4) is 0 Å². The van der Waals surface area contributed by atoms with Crippen molar-refractivity contribution in [2.24, 2.45) is 0 Å². The monoisotopic (exact) mass is 277 g/mol. The Bertz CT molecular complexity index is 713. The Labute approximate surface area is 124 Å². The molecular formula is C18H15NO2. The molecule has 2 aromatic rings. The maximum absolute atomic E-state index is 12.4. The van der Waals surface area contributed by atoms with E-state index in [1.54, 1.807) is 36.2 Å². The van der Waals surface area contributed by atoms with Crippen LogP contribution < -0.4 is 0 Å². The predicted octanol–water partition coefficient (Wildman–Crippen LogP) is 2.75. The van der Waals surface area contributed by atoms with Crippen LogP contribution in [0.2, 0.25) is 0 Å². The molecule has 0 aliphatic rings. The van der Waals surface area contributed by atoms with Crippen molar-refractivity contribution in [3.63, 3.8) is 0 Å². The normalized spacial score (nSPS) is 9.71. The van der Waals surface area contributed by atoms with Gasteiger partial charge in [0.2, 0.25) is 0 Å². The third kappa shape index (κ3) is 3.18. The number of amides is 1. The second-order valence-corrected chi connectivity index (χ2v) is 4.67. The second-order valence-electron chi connectivity index (χ2n) is 4.67. The van der Waals surface area contributed by atoms with Gasteiger partial charge >= 0.3 is 0 Å². The lowest BCUT2D eigenvalue weighted by molar-refractivity contribution is 0.0782. The Hall–Kier alpha value is -2.86. The fraction of sp³-hybridized carbons (Fsp3) is 0.111. The van der Waals surface area contributed by atoms with Gasteiger partial charge in [-0.2, -0.15) is 0 Å². The average molecular weight is 277 g/mol. The summed E-state index contributed by atoms with van der Waals surface area (Å²) < 4.78 is 0. The molecule has 0 aromatic heterocycles. The van der Waals surface area contributed by atoms with Crippen LogP contribution in [0.5, 0.6) is 0 Å². The molecule has 0 saturated carbocycles. The van der Waals surface area contributed by atoms with Crippen LogP contribution in [0.4, 0.5) is 0 Å². The van der Waals surface area contributed by atoms with Crippen LogP contribution in [0.1, 0.15) is 31.8 Å². The lowest BCUT2D eigenvalue weighted by atomic mass is 10.1. The molecule has 0 aliphatic carbocycles. The highest BCUT2D eigenvalue weighted by Gasteiger charge is 2.16. The lowest BCUT2D eigenvalue weighted by Gasteiger charge is -2.19. The van der Waals surface area contributed by atoms with E-state index in [9.17, 15) is 9.59 Å². The number of rotatable bonds is 4. The first-order valence-corrected chi connectivity index (χ1v) is 6.51.